The van der Waals surface area contributed by atoms with Gasteiger partial charge >= 0.3 is 0 Å². The monoisotopic (exact) mass is 365 g/mol. The Hall–Kier alpha value is -2.25. The molecule has 3 saturated heterocycles. The maximum Gasteiger partial charge on any atom is 0.234 e. The minimum atomic E-state index is -0.484. The number of hydrogen-bond acceptors (Lipinski definition) is 5. The first-order valence-corrected chi connectivity index (χ1v) is 9.41. The second kappa shape index (κ2) is 6.42. The van der Waals surface area contributed by atoms with Gasteiger partial charge in [0.2, 0.25) is 5.91 Å². The van der Waals surface area contributed by atoms with Crippen LogP contribution >= 0.6 is 0 Å². The minimum Gasteiger partial charge on any atom is -0.394 e. The highest BCUT2D eigenvalue weighted by atomic mass is 16.5. The number of carbonyl (C=O) groups excluding carboxylic acids is 1. The summed E-state index contributed by atoms with van der Waals surface area (Å²) in [6.07, 6.45) is -0.827. The third kappa shape index (κ3) is 2.45. The molecule has 3 aliphatic rings. The number of benzene rings is 2. The number of amides is 1. The smallest absolute Gasteiger partial charge is 0.234 e. The van der Waals surface area contributed by atoms with E-state index in [4.69, 9.17) is 10.5 Å². The second-order valence-electron chi connectivity index (χ2n) is 7.52. The van der Waals surface area contributed by atoms with Crippen molar-refractivity contribution in [3.63, 3.8) is 0 Å². The normalized spacial score (nSPS) is 33.5. The van der Waals surface area contributed by atoms with Gasteiger partial charge in [0.25, 0.3) is 0 Å². The summed E-state index contributed by atoms with van der Waals surface area (Å²) in [4.78, 5) is 17.1. The van der Waals surface area contributed by atoms with Gasteiger partial charge in [0.1, 0.15) is 12.5 Å². The van der Waals surface area contributed by atoms with E-state index in [1.54, 1.807) is 4.90 Å². The Bertz CT molecular complexity index is 831. The first-order valence-electron chi connectivity index (χ1n) is 9.41. The number of aliphatic hydroxyl groups excluding tert-OH is 1. The highest BCUT2D eigenvalue weighted by Gasteiger charge is 2.65. The van der Waals surface area contributed by atoms with Gasteiger partial charge in [-0.15, -0.1) is 0 Å². The van der Waals surface area contributed by atoms with E-state index >= 15 is 0 Å². The number of para-hydroxylation sites is 1. The molecule has 0 saturated carbocycles. The van der Waals surface area contributed by atoms with Crippen molar-refractivity contribution in [2.24, 2.45) is 17.6 Å². The first-order chi connectivity index (χ1) is 13.2. The highest BCUT2D eigenvalue weighted by Crippen LogP contribution is 2.51. The number of aliphatic hydroxyl groups is 1. The van der Waals surface area contributed by atoms with Crippen molar-refractivity contribution in [1.29, 1.82) is 0 Å². The lowest BCUT2D eigenvalue weighted by Crippen LogP contribution is -2.46. The van der Waals surface area contributed by atoms with Crippen molar-refractivity contribution < 1.29 is 14.6 Å². The molecular formula is C21H23N3O3. The van der Waals surface area contributed by atoms with Gasteiger partial charge in [-0.3, -0.25) is 14.6 Å². The molecule has 0 radical (unpaired) electrons. The molecule has 6 heteroatoms. The van der Waals surface area contributed by atoms with Gasteiger partial charge < -0.3 is 15.6 Å². The molecule has 0 aromatic heterocycles. The lowest BCUT2D eigenvalue weighted by atomic mass is 9.93. The molecule has 0 bridgehead atoms. The quantitative estimate of drug-likeness (QED) is 0.855. The maximum absolute atomic E-state index is 13.2. The predicted octanol–water partition coefficient (Wildman–Crippen LogP) is 1.32. The zero-order valence-electron chi connectivity index (χ0n) is 14.9. The number of hydrogen-bond donors (Lipinski definition) is 2. The molecule has 0 aliphatic carbocycles. The number of nitrogens with zero attached hydrogens (tertiary/aromatic N) is 2. The Morgan fingerprint density at radius 1 is 1.11 bits per heavy atom. The van der Waals surface area contributed by atoms with Crippen LogP contribution in [0.15, 0.2) is 60.7 Å². The summed E-state index contributed by atoms with van der Waals surface area (Å²) in [5, 5.41) is 10.1. The molecule has 6 nitrogen and oxygen atoms in total. The van der Waals surface area contributed by atoms with Crippen LogP contribution in [0.2, 0.25) is 0 Å². The largest absolute Gasteiger partial charge is 0.394 e. The highest BCUT2D eigenvalue weighted by molar-refractivity contribution is 5.99. The van der Waals surface area contributed by atoms with Crippen LogP contribution in [0.4, 0.5) is 5.69 Å². The van der Waals surface area contributed by atoms with Gasteiger partial charge in [-0.05, 0) is 17.7 Å². The Balaban J connectivity index is 1.49. The summed E-state index contributed by atoms with van der Waals surface area (Å²) in [6.45, 7) is 0.569. The van der Waals surface area contributed by atoms with Crippen LogP contribution < -0.4 is 10.6 Å². The van der Waals surface area contributed by atoms with E-state index in [0.717, 1.165) is 11.3 Å². The Labute approximate surface area is 158 Å². The fourth-order valence-electron chi connectivity index (χ4n) is 5.09. The third-order valence-corrected chi connectivity index (χ3v) is 6.21. The lowest BCUT2D eigenvalue weighted by Gasteiger charge is -2.33. The fraction of sp³-hybridized carbons (Fsp3) is 0.381. The number of rotatable bonds is 4. The van der Waals surface area contributed by atoms with Crippen molar-refractivity contribution in [2.75, 3.05) is 18.1 Å². The van der Waals surface area contributed by atoms with Crippen LogP contribution in [0.5, 0.6) is 0 Å². The number of likely N-dealkylation sites (tertiary alicyclic amines) is 1. The van der Waals surface area contributed by atoms with E-state index in [-0.39, 0.29) is 42.7 Å². The molecular weight excluding hydrogens is 342 g/mol. The molecule has 140 valence electrons. The topological polar surface area (TPSA) is 79.0 Å². The fourth-order valence-corrected chi connectivity index (χ4v) is 5.09. The van der Waals surface area contributed by atoms with E-state index in [1.165, 1.54) is 0 Å². The van der Waals surface area contributed by atoms with Crippen LogP contribution in [0.1, 0.15) is 11.6 Å². The van der Waals surface area contributed by atoms with Crippen molar-refractivity contribution in [3.8, 4) is 0 Å². The molecule has 3 heterocycles. The van der Waals surface area contributed by atoms with Gasteiger partial charge in [0, 0.05) is 18.2 Å². The van der Waals surface area contributed by atoms with Crippen LogP contribution in [-0.4, -0.2) is 47.6 Å². The summed E-state index contributed by atoms with van der Waals surface area (Å²) in [6, 6.07) is 19.3. The average Bonchev–Trinajstić information content (AvgIpc) is 3.32. The molecule has 0 spiro atoms. The summed E-state index contributed by atoms with van der Waals surface area (Å²) in [5.74, 6) is -0.0580. The van der Waals surface area contributed by atoms with Crippen LogP contribution in [-0.2, 0) is 9.53 Å². The van der Waals surface area contributed by atoms with Crippen molar-refractivity contribution in [1.82, 2.24) is 4.90 Å². The van der Waals surface area contributed by atoms with Gasteiger partial charge in [0.05, 0.1) is 24.6 Å². The zero-order chi connectivity index (χ0) is 18.5. The molecule has 6 atom stereocenters. The van der Waals surface area contributed by atoms with Crippen molar-refractivity contribution >= 4 is 11.6 Å². The average molecular weight is 365 g/mol. The summed E-state index contributed by atoms with van der Waals surface area (Å²) in [7, 11) is 0. The van der Waals surface area contributed by atoms with Crippen LogP contribution in [0.25, 0.3) is 0 Å². The summed E-state index contributed by atoms with van der Waals surface area (Å²) < 4.78 is 6.08. The second-order valence-corrected chi connectivity index (χ2v) is 7.52. The van der Waals surface area contributed by atoms with Crippen LogP contribution in [0, 0.1) is 11.8 Å². The number of anilines is 1. The first kappa shape index (κ1) is 16.9. The van der Waals surface area contributed by atoms with Crippen LogP contribution in [0.3, 0.4) is 0 Å². The maximum atomic E-state index is 13.2. The van der Waals surface area contributed by atoms with Crippen molar-refractivity contribution in [2.45, 2.75) is 24.5 Å². The van der Waals surface area contributed by atoms with Gasteiger partial charge in [-0.1, -0.05) is 48.5 Å². The molecule has 3 fully saturated rings. The molecule has 5 rings (SSSR count). The Kier molecular flexibility index (Phi) is 4.02. The molecule has 2 aromatic rings. The number of carbonyl (C=O) groups is 1. The minimum absolute atomic E-state index is 0.0190. The summed E-state index contributed by atoms with van der Waals surface area (Å²) in [5.41, 5.74) is 8.25. The summed E-state index contributed by atoms with van der Waals surface area (Å²) >= 11 is 0. The third-order valence-electron chi connectivity index (χ3n) is 6.21. The van der Waals surface area contributed by atoms with E-state index in [0.29, 0.717) is 6.54 Å². The number of nitrogens with two attached hydrogens (primary N) is 1. The standard InChI is InChI=1S/C21H23N3O3/c22-19-18-17-15(11-23(18)16(12-25)13-7-3-1-4-8-13)20(26)24(21(17)27-19)14-9-5-2-6-10-14/h1-10,15-19,21,25H,11-12,22H2/t15-,16+,17-,18+,19?,21+/m1/s1. The SMILES string of the molecule is NC1O[C@H]2[C@H]3[C@@H]1N([C@@H](CO)c1ccccc1)C[C@H]3C(=O)N2c1ccccc1. The van der Waals surface area contributed by atoms with E-state index in [1.807, 2.05) is 60.7 Å². The molecule has 2 aromatic carbocycles. The van der Waals surface area contributed by atoms with E-state index in [2.05, 4.69) is 4.90 Å². The van der Waals surface area contributed by atoms with Gasteiger partial charge in [0.15, 0.2) is 0 Å². The zero-order valence-corrected chi connectivity index (χ0v) is 14.9. The molecule has 1 amide bonds. The molecule has 3 aliphatic heterocycles. The van der Waals surface area contributed by atoms with E-state index < -0.39 is 6.23 Å². The molecule has 27 heavy (non-hydrogen) atoms. The van der Waals surface area contributed by atoms with Gasteiger partial charge in [-0.2, -0.15) is 0 Å². The molecule has 1 unspecified atom stereocenters. The molecule has 3 N–H and O–H groups in total. The van der Waals surface area contributed by atoms with Crippen molar-refractivity contribution in [3.05, 3.63) is 66.2 Å². The predicted molar refractivity (Wildman–Crippen MR) is 101 cm³/mol. The Morgan fingerprint density at radius 3 is 2.44 bits per heavy atom. The van der Waals surface area contributed by atoms with Gasteiger partial charge in [-0.25, -0.2) is 0 Å². The Morgan fingerprint density at radius 2 is 1.78 bits per heavy atom. The van der Waals surface area contributed by atoms with E-state index in [9.17, 15) is 9.90 Å². The lowest BCUT2D eigenvalue weighted by molar-refractivity contribution is -0.121. The number of ether oxygens (including phenoxy) is 1.